The molecule has 2 aliphatic carbocycles. The van der Waals surface area contributed by atoms with Crippen LogP contribution in [0.2, 0.25) is 0 Å². The molecule has 1 atom stereocenters. The van der Waals surface area contributed by atoms with Gasteiger partial charge in [0.15, 0.2) is 5.16 Å². The fourth-order valence-electron chi connectivity index (χ4n) is 4.80. The zero-order valence-corrected chi connectivity index (χ0v) is 19.3. The van der Waals surface area contributed by atoms with Crippen molar-refractivity contribution in [3.63, 3.8) is 0 Å². The molecule has 4 rings (SSSR count). The van der Waals surface area contributed by atoms with Gasteiger partial charge in [-0.25, -0.2) is 4.98 Å². The number of carbonyl (C=O) groups is 1. The molecule has 2 aliphatic rings. The lowest BCUT2D eigenvalue weighted by molar-refractivity contribution is -0.133. The highest BCUT2D eigenvalue weighted by Gasteiger charge is 2.29. The minimum Gasteiger partial charge on any atom is -0.339 e. The second-order valence-corrected chi connectivity index (χ2v) is 10.7. The van der Waals surface area contributed by atoms with Gasteiger partial charge in [0.05, 0.1) is 10.6 Å². The minimum atomic E-state index is -0.248. The summed E-state index contributed by atoms with van der Waals surface area (Å²) in [6, 6.07) is 0.368. The largest absolute Gasteiger partial charge is 0.339 e. The van der Waals surface area contributed by atoms with Crippen LogP contribution in [0.25, 0.3) is 10.2 Å². The van der Waals surface area contributed by atoms with E-state index in [4.69, 9.17) is 4.98 Å². The molecule has 7 heteroatoms. The molecular weight excluding hydrogens is 402 g/mol. The summed E-state index contributed by atoms with van der Waals surface area (Å²) in [4.78, 5) is 35.3. The monoisotopic (exact) mass is 433 g/mol. The summed E-state index contributed by atoms with van der Waals surface area (Å²) in [5, 5.41) is 1.22. The Morgan fingerprint density at radius 3 is 2.69 bits per heavy atom. The molecule has 0 spiro atoms. The normalized spacial score (nSPS) is 18.6. The Labute approximate surface area is 180 Å². The quantitative estimate of drug-likeness (QED) is 0.513. The molecule has 5 nitrogen and oxygen atoms in total. The Balaban J connectivity index is 1.59. The van der Waals surface area contributed by atoms with Crippen LogP contribution in [0, 0.1) is 0 Å². The van der Waals surface area contributed by atoms with Crippen LogP contribution in [0.1, 0.15) is 69.2 Å². The van der Waals surface area contributed by atoms with Gasteiger partial charge in [0.1, 0.15) is 4.83 Å². The van der Waals surface area contributed by atoms with Gasteiger partial charge < -0.3 is 4.90 Å². The van der Waals surface area contributed by atoms with Crippen molar-refractivity contribution >= 4 is 39.2 Å². The second-order valence-electron chi connectivity index (χ2n) is 8.33. The summed E-state index contributed by atoms with van der Waals surface area (Å²) in [6.45, 7) is 4.77. The number of amides is 1. The Morgan fingerprint density at radius 1 is 1.24 bits per heavy atom. The van der Waals surface area contributed by atoms with Crippen molar-refractivity contribution in [1.82, 2.24) is 14.5 Å². The SMILES string of the molecule is CCN(C(=O)C(C)Sc1nc2sc3c(c2c(=O)n1C)CCCC3)C1CCCCC1. The maximum Gasteiger partial charge on any atom is 0.262 e. The van der Waals surface area contributed by atoms with E-state index >= 15 is 0 Å². The van der Waals surface area contributed by atoms with Gasteiger partial charge in [-0.15, -0.1) is 11.3 Å². The minimum absolute atomic E-state index is 0.0381. The first-order valence-corrected chi connectivity index (χ1v) is 12.7. The zero-order chi connectivity index (χ0) is 20.5. The Bertz CT molecular complexity index is 959. The summed E-state index contributed by atoms with van der Waals surface area (Å²) in [7, 11) is 1.79. The zero-order valence-electron chi connectivity index (χ0n) is 17.7. The van der Waals surface area contributed by atoms with E-state index in [1.807, 2.05) is 6.92 Å². The summed E-state index contributed by atoms with van der Waals surface area (Å²) in [5.41, 5.74) is 1.26. The number of hydrogen-bond donors (Lipinski definition) is 0. The van der Waals surface area contributed by atoms with Gasteiger partial charge >= 0.3 is 0 Å². The number of aromatic nitrogens is 2. The highest BCUT2D eigenvalue weighted by Crippen LogP contribution is 2.35. The topological polar surface area (TPSA) is 55.2 Å². The van der Waals surface area contributed by atoms with E-state index in [1.54, 1.807) is 23.0 Å². The van der Waals surface area contributed by atoms with Crippen LogP contribution < -0.4 is 5.56 Å². The van der Waals surface area contributed by atoms with Crippen molar-refractivity contribution < 1.29 is 4.79 Å². The molecule has 0 aromatic carbocycles. The standard InChI is InChI=1S/C22H31N3O2S2/c1-4-25(15-10-6-5-7-11-15)20(26)14(2)28-22-23-19-18(21(27)24(22)3)16-12-8-9-13-17(16)29-19/h14-15H,4-13H2,1-3H3. The third kappa shape index (κ3) is 4.00. The molecule has 0 bridgehead atoms. The molecule has 1 saturated carbocycles. The van der Waals surface area contributed by atoms with Crippen molar-refractivity contribution in [3.05, 3.63) is 20.8 Å². The van der Waals surface area contributed by atoms with Crippen molar-refractivity contribution in [2.24, 2.45) is 7.05 Å². The summed E-state index contributed by atoms with van der Waals surface area (Å²) in [5.74, 6) is 0.171. The van der Waals surface area contributed by atoms with Crippen LogP contribution >= 0.6 is 23.1 Å². The third-order valence-corrected chi connectivity index (χ3v) is 8.74. The van der Waals surface area contributed by atoms with Gasteiger partial charge in [-0.3, -0.25) is 14.2 Å². The average molecular weight is 434 g/mol. The number of thioether (sulfide) groups is 1. The van der Waals surface area contributed by atoms with Crippen molar-refractivity contribution in [2.75, 3.05) is 6.54 Å². The van der Waals surface area contributed by atoms with E-state index in [0.29, 0.717) is 11.2 Å². The molecule has 1 amide bonds. The van der Waals surface area contributed by atoms with Gasteiger partial charge in [-0.2, -0.15) is 0 Å². The number of nitrogens with zero attached hydrogens (tertiary/aromatic N) is 3. The van der Waals surface area contributed by atoms with Crippen LogP contribution in [0.5, 0.6) is 0 Å². The summed E-state index contributed by atoms with van der Waals surface area (Å²) < 4.78 is 1.65. The van der Waals surface area contributed by atoms with Gasteiger partial charge in [0.25, 0.3) is 5.56 Å². The molecule has 1 fully saturated rings. The van der Waals surface area contributed by atoms with Crippen LogP contribution in [0.4, 0.5) is 0 Å². The van der Waals surface area contributed by atoms with Gasteiger partial charge in [0.2, 0.25) is 5.91 Å². The predicted molar refractivity (Wildman–Crippen MR) is 121 cm³/mol. The van der Waals surface area contributed by atoms with E-state index in [9.17, 15) is 9.59 Å². The number of aryl methyl sites for hydroxylation is 2. The molecule has 0 radical (unpaired) electrons. The number of carbonyl (C=O) groups excluding carboxylic acids is 1. The lowest BCUT2D eigenvalue weighted by Crippen LogP contribution is -2.44. The summed E-state index contributed by atoms with van der Waals surface area (Å²) >= 11 is 3.10. The van der Waals surface area contributed by atoms with Crippen LogP contribution in [0.3, 0.4) is 0 Å². The summed E-state index contributed by atoms with van der Waals surface area (Å²) in [6.07, 6.45) is 10.3. The Kier molecular flexibility index (Phi) is 6.35. The predicted octanol–water partition coefficient (Wildman–Crippen LogP) is 4.54. The molecule has 29 heavy (non-hydrogen) atoms. The number of fused-ring (bicyclic) bond motifs is 3. The van der Waals surface area contributed by atoms with Gasteiger partial charge in [-0.05, 0) is 57.9 Å². The van der Waals surface area contributed by atoms with E-state index in [0.717, 1.165) is 48.9 Å². The van der Waals surface area contributed by atoms with Crippen LogP contribution in [0.15, 0.2) is 9.95 Å². The number of rotatable bonds is 5. The molecule has 0 aliphatic heterocycles. The van der Waals surface area contributed by atoms with E-state index in [1.165, 1.54) is 47.9 Å². The molecular formula is C22H31N3O2S2. The smallest absolute Gasteiger partial charge is 0.262 e. The van der Waals surface area contributed by atoms with Crippen molar-refractivity contribution in [3.8, 4) is 0 Å². The molecule has 2 aromatic heterocycles. The average Bonchev–Trinajstić information content (AvgIpc) is 3.11. The molecule has 1 unspecified atom stereocenters. The fraction of sp³-hybridized carbons (Fsp3) is 0.682. The first kappa shape index (κ1) is 20.9. The lowest BCUT2D eigenvalue weighted by atomic mass is 9.94. The number of hydrogen-bond acceptors (Lipinski definition) is 5. The van der Waals surface area contributed by atoms with E-state index < -0.39 is 0 Å². The van der Waals surface area contributed by atoms with E-state index in [-0.39, 0.29) is 16.7 Å². The molecule has 0 saturated heterocycles. The Hall–Kier alpha value is -1.34. The highest BCUT2D eigenvalue weighted by molar-refractivity contribution is 8.00. The van der Waals surface area contributed by atoms with Crippen LogP contribution in [-0.2, 0) is 24.7 Å². The molecule has 0 N–H and O–H groups in total. The van der Waals surface area contributed by atoms with Crippen molar-refractivity contribution in [1.29, 1.82) is 0 Å². The van der Waals surface area contributed by atoms with Crippen LogP contribution in [-0.4, -0.2) is 38.2 Å². The Morgan fingerprint density at radius 2 is 1.97 bits per heavy atom. The first-order valence-electron chi connectivity index (χ1n) is 11.0. The maximum absolute atomic E-state index is 13.2. The molecule has 2 aromatic rings. The highest BCUT2D eigenvalue weighted by atomic mass is 32.2. The fourth-order valence-corrected chi connectivity index (χ4v) is 7.05. The van der Waals surface area contributed by atoms with E-state index in [2.05, 4.69) is 11.8 Å². The lowest BCUT2D eigenvalue weighted by Gasteiger charge is -2.35. The molecule has 2 heterocycles. The number of thiophene rings is 1. The third-order valence-electron chi connectivity index (χ3n) is 6.42. The molecule has 158 valence electrons. The maximum atomic E-state index is 13.2. The van der Waals surface area contributed by atoms with Gasteiger partial charge in [0, 0.05) is 24.5 Å². The van der Waals surface area contributed by atoms with Gasteiger partial charge in [-0.1, -0.05) is 31.0 Å². The second kappa shape index (κ2) is 8.80. The van der Waals surface area contributed by atoms with Crippen molar-refractivity contribution in [2.45, 2.75) is 88.1 Å². The first-order chi connectivity index (χ1) is 14.0.